The summed E-state index contributed by atoms with van der Waals surface area (Å²) in [5, 5.41) is 2.79. The summed E-state index contributed by atoms with van der Waals surface area (Å²) in [4.78, 5) is 14.5. The SMILES string of the molecule is CC1CC(C)N(C(C)C(=O)Nc2ccc(F)c(N)c2)C1. The van der Waals surface area contributed by atoms with E-state index in [0.29, 0.717) is 17.6 Å². The number of rotatable bonds is 3. The van der Waals surface area contributed by atoms with Gasteiger partial charge in [0.1, 0.15) is 5.82 Å². The van der Waals surface area contributed by atoms with E-state index in [1.165, 1.54) is 18.2 Å². The Hall–Kier alpha value is -1.62. The molecule has 1 aliphatic heterocycles. The largest absolute Gasteiger partial charge is 0.396 e. The summed E-state index contributed by atoms with van der Waals surface area (Å²) < 4.78 is 13.1. The van der Waals surface area contributed by atoms with Crippen molar-refractivity contribution in [2.24, 2.45) is 5.92 Å². The van der Waals surface area contributed by atoms with Crippen molar-refractivity contribution >= 4 is 17.3 Å². The van der Waals surface area contributed by atoms with E-state index >= 15 is 0 Å². The molecule has 0 saturated carbocycles. The van der Waals surface area contributed by atoms with Gasteiger partial charge >= 0.3 is 0 Å². The number of nitrogens with two attached hydrogens (primary N) is 1. The molecule has 1 heterocycles. The van der Waals surface area contributed by atoms with Crippen LogP contribution in [0.5, 0.6) is 0 Å². The first-order valence-corrected chi connectivity index (χ1v) is 7.00. The molecule has 1 saturated heterocycles. The Balaban J connectivity index is 2.02. The number of benzene rings is 1. The van der Waals surface area contributed by atoms with E-state index in [-0.39, 0.29) is 17.6 Å². The van der Waals surface area contributed by atoms with Crippen LogP contribution in [-0.4, -0.2) is 29.4 Å². The quantitative estimate of drug-likeness (QED) is 0.836. The standard InChI is InChI=1S/C15H22FN3O/c1-9-6-10(2)19(8-9)11(3)15(20)18-12-4-5-13(16)14(17)7-12/h4-5,7,9-11H,6,8,17H2,1-3H3,(H,18,20). The van der Waals surface area contributed by atoms with Crippen molar-refractivity contribution in [2.45, 2.75) is 39.3 Å². The molecular formula is C15H22FN3O. The van der Waals surface area contributed by atoms with Crippen LogP contribution in [0.3, 0.4) is 0 Å². The van der Waals surface area contributed by atoms with Gasteiger partial charge in [-0.2, -0.15) is 0 Å². The van der Waals surface area contributed by atoms with Gasteiger partial charge in [-0.15, -0.1) is 0 Å². The van der Waals surface area contributed by atoms with E-state index in [1.807, 2.05) is 6.92 Å². The predicted octanol–water partition coefficient (Wildman–Crippen LogP) is 2.47. The van der Waals surface area contributed by atoms with Crippen LogP contribution in [0.4, 0.5) is 15.8 Å². The predicted molar refractivity (Wildman–Crippen MR) is 78.9 cm³/mol. The van der Waals surface area contributed by atoms with Crippen LogP contribution < -0.4 is 11.1 Å². The molecule has 4 nitrogen and oxygen atoms in total. The van der Waals surface area contributed by atoms with Crippen molar-refractivity contribution in [3.8, 4) is 0 Å². The van der Waals surface area contributed by atoms with E-state index in [2.05, 4.69) is 24.1 Å². The van der Waals surface area contributed by atoms with E-state index in [0.717, 1.165) is 13.0 Å². The summed E-state index contributed by atoms with van der Waals surface area (Å²) in [5.74, 6) is 0.0525. The van der Waals surface area contributed by atoms with Gasteiger partial charge in [0.2, 0.25) is 5.91 Å². The minimum atomic E-state index is -0.474. The Morgan fingerprint density at radius 1 is 1.50 bits per heavy atom. The lowest BCUT2D eigenvalue weighted by Crippen LogP contribution is -2.43. The van der Waals surface area contributed by atoms with Gasteiger partial charge in [-0.1, -0.05) is 6.92 Å². The fourth-order valence-electron chi connectivity index (χ4n) is 2.89. The molecule has 0 spiro atoms. The molecule has 2 rings (SSSR count). The highest BCUT2D eigenvalue weighted by atomic mass is 19.1. The normalized spacial score (nSPS) is 24.6. The molecule has 3 unspecified atom stereocenters. The van der Waals surface area contributed by atoms with Crippen molar-refractivity contribution in [1.29, 1.82) is 0 Å². The number of nitrogen functional groups attached to an aromatic ring is 1. The highest BCUT2D eigenvalue weighted by Gasteiger charge is 2.32. The fourth-order valence-corrected chi connectivity index (χ4v) is 2.89. The van der Waals surface area contributed by atoms with Crippen LogP contribution in [0.1, 0.15) is 27.2 Å². The summed E-state index contributed by atoms with van der Waals surface area (Å²) >= 11 is 0. The first-order valence-electron chi connectivity index (χ1n) is 7.00. The van der Waals surface area contributed by atoms with Crippen LogP contribution in [-0.2, 0) is 4.79 Å². The third-order valence-electron chi connectivity index (χ3n) is 3.97. The molecule has 0 bridgehead atoms. The van der Waals surface area contributed by atoms with Crippen molar-refractivity contribution < 1.29 is 9.18 Å². The molecule has 3 atom stereocenters. The second-order valence-corrected chi connectivity index (χ2v) is 5.79. The number of anilines is 2. The van der Waals surface area contributed by atoms with Gasteiger partial charge in [-0.25, -0.2) is 4.39 Å². The highest BCUT2D eigenvalue weighted by Crippen LogP contribution is 2.25. The van der Waals surface area contributed by atoms with E-state index in [1.54, 1.807) is 0 Å². The molecule has 5 heteroatoms. The maximum atomic E-state index is 13.1. The molecule has 0 aromatic heterocycles. The maximum absolute atomic E-state index is 13.1. The first kappa shape index (κ1) is 14.8. The number of hydrogen-bond donors (Lipinski definition) is 2. The molecule has 0 aliphatic carbocycles. The van der Waals surface area contributed by atoms with Crippen molar-refractivity contribution in [2.75, 3.05) is 17.6 Å². The summed E-state index contributed by atoms with van der Waals surface area (Å²) in [7, 11) is 0. The van der Waals surface area contributed by atoms with Crippen LogP contribution in [0.2, 0.25) is 0 Å². The highest BCUT2D eigenvalue weighted by molar-refractivity contribution is 5.95. The van der Waals surface area contributed by atoms with E-state index < -0.39 is 5.82 Å². The third-order valence-corrected chi connectivity index (χ3v) is 3.97. The Morgan fingerprint density at radius 2 is 2.20 bits per heavy atom. The third kappa shape index (κ3) is 3.10. The molecule has 20 heavy (non-hydrogen) atoms. The van der Waals surface area contributed by atoms with E-state index in [4.69, 9.17) is 5.73 Å². The second-order valence-electron chi connectivity index (χ2n) is 5.79. The molecular weight excluding hydrogens is 257 g/mol. The smallest absolute Gasteiger partial charge is 0.241 e. The Labute approximate surface area is 119 Å². The fraction of sp³-hybridized carbons (Fsp3) is 0.533. The number of likely N-dealkylation sites (tertiary alicyclic amines) is 1. The van der Waals surface area contributed by atoms with Gasteiger partial charge in [-0.3, -0.25) is 9.69 Å². The number of carbonyl (C=O) groups is 1. The molecule has 1 aromatic carbocycles. The summed E-state index contributed by atoms with van der Waals surface area (Å²) in [6.45, 7) is 7.17. The molecule has 0 radical (unpaired) electrons. The Morgan fingerprint density at radius 3 is 2.75 bits per heavy atom. The van der Waals surface area contributed by atoms with Gasteiger partial charge < -0.3 is 11.1 Å². The maximum Gasteiger partial charge on any atom is 0.241 e. The summed E-state index contributed by atoms with van der Waals surface area (Å²) in [6.07, 6.45) is 1.11. The lowest BCUT2D eigenvalue weighted by molar-refractivity contribution is -0.121. The van der Waals surface area contributed by atoms with Crippen molar-refractivity contribution in [1.82, 2.24) is 4.90 Å². The number of hydrogen-bond acceptors (Lipinski definition) is 3. The number of nitrogens with zero attached hydrogens (tertiary/aromatic N) is 1. The topological polar surface area (TPSA) is 58.4 Å². The Kier molecular flexibility index (Phi) is 4.28. The zero-order valence-corrected chi connectivity index (χ0v) is 12.2. The van der Waals surface area contributed by atoms with Gasteiger partial charge in [0, 0.05) is 18.3 Å². The number of carbonyl (C=O) groups excluding carboxylic acids is 1. The molecule has 110 valence electrons. The second kappa shape index (κ2) is 5.79. The van der Waals surface area contributed by atoms with Crippen molar-refractivity contribution in [3.63, 3.8) is 0 Å². The summed E-state index contributed by atoms with van der Waals surface area (Å²) in [6, 6.07) is 4.42. The van der Waals surface area contributed by atoms with Gasteiger partial charge in [0.05, 0.1) is 11.7 Å². The van der Waals surface area contributed by atoms with E-state index in [9.17, 15) is 9.18 Å². The minimum Gasteiger partial charge on any atom is -0.396 e. The molecule has 3 N–H and O–H groups in total. The minimum absolute atomic E-state index is 0.0404. The average Bonchev–Trinajstić information content (AvgIpc) is 2.72. The van der Waals surface area contributed by atoms with Crippen LogP contribution >= 0.6 is 0 Å². The van der Waals surface area contributed by atoms with Crippen molar-refractivity contribution in [3.05, 3.63) is 24.0 Å². The number of amides is 1. The molecule has 1 amide bonds. The Bertz CT molecular complexity index is 506. The first-order chi connectivity index (χ1) is 9.38. The van der Waals surface area contributed by atoms with Crippen LogP contribution in [0, 0.1) is 11.7 Å². The van der Waals surface area contributed by atoms with Gasteiger partial charge in [-0.05, 0) is 44.4 Å². The lowest BCUT2D eigenvalue weighted by atomic mass is 10.1. The monoisotopic (exact) mass is 279 g/mol. The molecule has 1 aliphatic rings. The molecule has 1 fully saturated rings. The van der Waals surface area contributed by atoms with Crippen LogP contribution in [0.25, 0.3) is 0 Å². The lowest BCUT2D eigenvalue weighted by Gasteiger charge is -2.27. The number of halogens is 1. The van der Waals surface area contributed by atoms with Gasteiger partial charge in [0.25, 0.3) is 0 Å². The summed E-state index contributed by atoms with van der Waals surface area (Å²) in [5.41, 5.74) is 6.07. The number of nitrogens with one attached hydrogen (secondary N) is 1. The van der Waals surface area contributed by atoms with Gasteiger partial charge in [0.15, 0.2) is 0 Å². The van der Waals surface area contributed by atoms with Crippen LogP contribution in [0.15, 0.2) is 18.2 Å². The zero-order chi connectivity index (χ0) is 14.9. The molecule has 1 aromatic rings. The average molecular weight is 279 g/mol. The zero-order valence-electron chi connectivity index (χ0n) is 12.2.